The van der Waals surface area contributed by atoms with Gasteiger partial charge in [0.25, 0.3) is 0 Å². The Labute approximate surface area is 155 Å². The van der Waals surface area contributed by atoms with Gasteiger partial charge in [0.15, 0.2) is 0 Å². The molecule has 1 heterocycles. The summed E-state index contributed by atoms with van der Waals surface area (Å²) in [7, 11) is 0. The fraction of sp³-hybridized carbons (Fsp3) is 0.292. The number of aromatic nitrogens is 1. The Kier molecular flexibility index (Phi) is 3.59. The average Bonchev–Trinajstić information content (AvgIpc) is 3.24. The van der Waals surface area contributed by atoms with Crippen LogP contribution < -0.4 is 5.32 Å². The van der Waals surface area contributed by atoms with Gasteiger partial charge in [0.2, 0.25) is 0 Å². The Morgan fingerprint density at radius 1 is 0.885 bits per heavy atom. The largest absolute Gasteiger partial charge is 0.379 e. The number of rotatable bonds is 3. The van der Waals surface area contributed by atoms with Gasteiger partial charge >= 0.3 is 0 Å². The van der Waals surface area contributed by atoms with Gasteiger partial charge in [-0.1, -0.05) is 42.5 Å². The number of benzene rings is 2. The van der Waals surface area contributed by atoms with Gasteiger partial charge in [0.05, 0.1) is 12.2 Å². The minimum Gasteiger partial charge on any atom is -0.379 e. The molecule has 2 heteroatoms. The fourth-order valence-electron chi connectivity index (χ4n) is 5.08. The van der Waals surface area contributed by atoms with Gasteiger partial charge < -0.3 is 5.32 Å². The zero-order valence-electron chi connectivity index (χ0n) is 15.3. The van der Waals surface area contributed by atoms with E-state index in [-0.39, 0.29) is 5.41 Å². The van der Waals surface area contributed by atoms with Crippen LogP contribution in [0.5, 0.6) is 0 Å². The van der Waals surface area contributed by atoms with Crippen LogP contribution in [0.1, 0.15) is 46.5 Å². The second kappa shape index (κ2) is 5.98. The number of nitrogens with zero attached hydrogens (tertiary/aromatic N) is 1. The molecule has 1 atom stereocenters. The summed E-state index contributed by atoms with van der Waals surface area (Å²) in [5, 5.41) is 3.71. The van der Waals surface area contributed by atoms with E-state index in [1.807, 2.05) is 13.0 Å². The van der Waals surface area contributed by atoms with Gasteiger partial charge in [-0.2, -0.15) is 0 Å². The third-order valence-corrected chi connectivity index (χ3v) is 6.21. The van der Waals surface area contributed by atoms with Crippen molar-refractivity contribution in [2.75, 3.05) is 5.32 Å². The maximum absolute atomic E-state index is 4.64. The summed E-state index contributed by atoms with van der Waals surface area (Å²) in [5.41, 5.74) is 9.82. The number of fused-ring (bicyclic) bond motifs is 4. The summed E-state index contributed by atoms with van der Waals surface area (Å²) in [5.74, 6) is 0. The van der Waals surface area contributed by atoms with Crippen LogP contribution in [0.15, 0.2) is 60.7 Å². The van der Waals surface area contributed by atoms with Gasteiger partial charge in [-0.25, -0.2) is 0 Å². The lowest BCUT2D eigenvalue weighted by atomic mass is 9.76. The van der Waals surface area contributed by atoms with E-state index < -0.39 is 0 Å². The predicted molar refractivity (Wildman–Crippen MR) is 107 cm³/mol. The van der Waals surface area contributed by atoms with Crippen LogP contribution in [0.25, 0.3) is 0 Å². The first-order chi connectivity index (χ1) is 12.8. The molecule has 2 aliphatic carbocycles. The van der Waals surface area contributed by atoms with Crippen LogP contribution >= 0.6 is 0 Å². The molecule has 0 unspecified atom stereocenters. The first-order valence-electron chi connectivity index (χ1n) is 9.63. The van der Waals surface area contributed by atoms with Crippen molar-refractivity contribution in [3.63, 3.8) is 0 Å². The Bertz CT molecular complexity index is 971. The monoisotopic (exact) mass is 340 g/mol. The Morgan fingerprint density at radius 2 is 1.65 bits per heavy atom. The molecular weight excluding hydrogens is 316 g/mol. The number of pyridine rings is 1. The molecule has 0 fully saturated rings. The predicted octanol–water partition coefficient (Wildman–Crippen LogP) is 5.18. The van der Waals surface area contributed by atoms with Crippen LogP contribution in [0.3, 0.4) is 0 Å². The topological polar surface area (TPSA) is 24.9 Å². The molecule has 3 aromatic rings. The number of aryl methyl sites for hydroxylation is 3. The third kappa shape index (κ3) is 2.36. The van der Waals surface area contributed by atoms with Crippen LogP contribution in [-0.2, 0) is 24.8 Å². The summed E-state index contributed by atoms with van der Waals surface area (Å²) < 4.78 is 0. The second-order valence-corrected chi connectivity index (χ2v) is 7.70. The molecule has 2 aromatic carbocycles. The van der Waals surface area contributed by atoms with E-state index in [2.05, 4.69) is 64.9 Å². The molecule has 26 heavy (non-hydrogen) atoms. The summed E-state index contributed by atoms with van der Waals surface area (Å²) >= 11 is 0. The van der Waals surface area contributed by atoms with Crippen molar-refractivity contribution in [3.05, 3.63) is 94.3 Å². The lowest BCUT2D eigenvalue weighted by Crippen LogP contribution is -2.22. The molecule has 0 amide bonds. The Morgan fingerprint density at radius 3 is 2.54 bits per heavy atom. The Hall–Kier alpha value is -2.61. The van der Waals surface area contributed by atoms with Crippen LogP contribution in [0.2, 0.25) is 0 Å². The van der Waals surface area contributed by atoms with Crippen molar-refractivity contribution in [3.8, 4) is 0 Å². The van der Waals surface area contributed by atoms with Gasteiger partial charge in [-0.3, -0.25) is 4.98 Å². The zero-order chi connectivity index (χ0) is 17.6. The molecule has 0 aliphatic heterocycles. The molecule has 5 rings (SSSR count). The normalized spacial score (nSPS) is 20.2. The summed E-state index contributed by atoms with van der Waals surface area (Å²) in [4.78, 5) is 4.64. The molecule has 130 valence electrons. The molecule has 1 N–H and O–H groups in total. The number of anilines is 1. The van der Waals surface area contributed by atoms with Crippen molar-refractivity contribution >= 4 is 5.69 Å². The number of nitrogens with one attached hydrogen (secondary N) is 1. The number of hydrogen-bond donors (Lipinski definition) is 1. The zero-order valence-corrected chi connectivity index (χ0v) is 15.3. The summed E-state index contributed by atoms with van der Waals surface area (Å²) in [6.07, 6.45) is 4.85. The maximum atomic E-state index is 4.64. The van der Waals surface area contributed by atoms with E-state index in [0.29, 0.717) is 0 Å². The summed E-state index contributed by atoms with van der Waals surface area (Å²) in [6.45, 7) is 2.82. The molecule has 2 aliphatic rings. The van der Waals surface area contributed by atoms with Crippen molar-refractivity contribution in [2.24, 2.45) is 0 Å². The standard InChI is InChI=1S/C24H24N2/c1-17-6-4-9-20(26-17)16-25-22-11-5-8-19-13-15-24(23(19)22)14-12-18-7-2-3-10-21(18)24/h2-11,25H,12-16H2,1H3/t24-/m1/s1. The van der Waals surface area contributed by atoms with Crippen LogP contribution in [0, 0.1) is 6.92 Å². The molecule has 1 aromatic heterocycles. The van der Waals surface area contributed by atoms with Gasteiger partial charge in [-0.05, 0) is 73.1 Å². The minimum atomic E-state index is 0.204. The van der Waals surface area contributed by atoms with E-state index >= 15 is 0 Å². The molecule has 0 bridgehead atoms. The molecule has 2 nitrogen and oxygen atoms in total. The minimum absolute atomic E-state index is 0.204. The van der Waals surface area contributed by atoms with Crippen molar-refractivity contribution in [1.29, 1.82) is 0 Å². The first kappa shape index (κ1) is 15.6. The first-order valence-corrected chi connectivity index (χ1v) is 9.63. The van der Waals surface area contributed by atoms with Crippen molar-refractivity contribution in [2.45, 2.75) is 44.6 Å². The smallest absolute Gasteiger partial charge is 0.0597 e. The van der Waals surface area contributed by atoms with Crippen LogP contribution in [0.4, 0.5) is 5.69 Å². The highest BCUT2D eigenvalue weighted by Crippen LogP contribution is 2.54. The molecule has 0 radical (unpaired) electrons. The van der Waals surface area contributed by atoms with Gasteiger partial charge in [0.1, 0.15) is 0 Å². The van der Waals surface area contributed by atoms with E-state index in [4.69, 9.17) is 0 Å². The van der Waals surface area contributed by atoms with E-state index in [9.17, 15) is 0 Å². The quantitative estimate of drug-likeness (QED) is 0.710. The highest BCUT2D eigenvalue weighted by Gasteiger charge is 2.45. The third-order valence-electron chi connectivity index (χ3n) is 6.21. The van der Waals surface area contributed by atoms with E-state index in [0.717, 1.165) is 17.9 Å². The number of hydrogen-bond acceptors (Lipinski definition) is 2. The average molecular weight is 340 g/mol. The molecular formula is C24H24N2. The van der Waals surface area contributed by atoms with Gasteiger partial charge in [-0.15, -0.1) is 0 Å². The molecule has 0 saturated heterocycles. The highest BCUT2D eigenvalue weighted by atomic mass is 14.9. The molecule has 1 spiro atoms. The second-order valence-electron chi connectivity index (χ2n) is 7.70. The maximum Gasteiger partial charge on any atom is 0.0597 e. The SMILES string of the molecule is Cc1cccc(CNc2cccc3c2[C@]2(CCc4ccccc42)CC3)n1. The van der Waals surface area contributed by atoms with E-state index in [1.165, 1.54) is 48.1 Å². The fourth-order valence-corrected chi connectivity index (χ4v) is 5.08. The Balaban J connectivity index is 1.54. The van der Waals surface area contributed by atoms with Crippen molar-refractivity contribution < 1.29 is 0 Å². The van der Waals surface area contributed by atoms with Crippen LogP contribution in [-0.4, -0.2) is 4.98 Å². The van der Waals surface area contributed by atoms with Gasteiger partial charge in [0, 0.05) is 16.8 Å². The molecule has 0 saturated carbocycles. The van der Waals surface area contributed by atoms with Crippen molar-refractivity contribution in [1.82, 2.24) is 4.98 Å². The lowest BCUT2D eigenvalue weighted by Gasteiger charge is -2.29. The summed E-state index contributed by atoms with van der Waals surface area (Å²) in [6, 6.07) is 22.1. The lowest BCUT2D eigenvalue weighted by molar-refractivity contribution is 0.508. The van der Waals surface area contributed by atoms with E-state index in [1.54, 1.807) is 5.56 Å². The highest BCUT2D eigenvalue weighted by molar-refractivity contribution is 5.66.